The average Bonchev–Trinajstić information content (AvgIpc) is 2.43. The van der Waals surface area contributed by atoms with Crippen molar-refractivity contribution in [3.05, 3.63) is 59.7 Å². The van der Waals surface area contributed by atoms with Crippen LogP contribution in [0.1, 0.15) is 31.7 Å². The maximum absolute atomic E-state index is 2.35. The first-order valence-electron chi connectivity index (χ1n) is 5.67. The third kappa shape index (κ3) is 2.38. The fourth-order valence-electron chi connectivity index (χ4n) is 2.15. The zero-order valence-corrected chi connectivity index (χ0v) is 9.48. The number of benzene rings is 1. The molecule has 0 saturated heterocycles. The lowest BCUT2D eigenvalue weighted by Crippen LogP contribution is -2.05. The Morgan fingerprint density at radius 3 is 2.60 bits per heavy atom. The first kappa shape index (κ1) is 10.2. The second-order valence-corrected chi connectivity index (χ2v) is 4.46. The highest BCUT2D eigenvalue weighted by Crippen LogP contribution is 2.31. The van der Waals surface area contributed by atoms with Crippen molar-refractivity contribution in [1.82, 2.24) is 0 Å². The van der Waals surface area contributed by atoms with Gasteiger partial charge in [0, 0.05) is 5.92 Å². The quantitative estimate of drug-likeness (QED) is 0.630. The Morgan fingerprint density at radius 2 is 1.87 bits per heavy atom. The standard InChI is InChI=1S/C15H18/c1-12-8-10-13(2)15(11-9-12)14-6-4-3-5-7-14/h3-9,11,13,15H,10H2,1-2H3. The zero-order valence-electron chi connectivity index (χ0n) is 9.48. The van der Waals surface area contributed by atoms with E-state index in [1.807, 2.05) is 0 Å². The van der Waals surface area contributed by atoms with Gasteiger partial charge in [-0.2, -0.15) is 0 Å². The second kappa shape index (κ2) is 4.48. The lowest BCUT2D eigenvalue weighted by molar-refractivity contribution is 0.534. The molecule has 0 aliphatic heterocycles. The minimum Gasteiger partial charge on any atom is -0.0813 e. The largest absolute Gasteiger partial charge is 0.0813 e. The summed E-state index contributed by atoms with van der Waals surface area (Å²) in [6.45, 7) is 4.51. The molecule has 1 aromatic rings. The second-order valence-electron chi connectivity index (χ2n) is 4.46. The Labute approximate surface area is 92.3 Å². The molecule has 1 aliphatic carbocycles. The van der Waals surface area contributed by atoms with Gasteiger partial charge in [0.25, 0.3) is 0 Å². The summed E-state index contributed by atoms with van der Waals surface area (Å²) in [6, 6.07) is 10.8. The summed E-state index contributed by atoms with van der Waals surface area (Å²) in [5, 5.41) is 0. The Kier molecular flexibility index (Phi) is 3.05. The topological polar surface area (TPSA) is 0 Å². The molecule has 1 aliphatic rings. The van der Waals surface area contributed by atoms with Gasteiger partial charge < -0.3 is 0 Å². The number of hydrogen-bond acceptors (Lipinski definition) is 0. The van der Waals surface area contributed by atoms with Gasteiger partial charge in [-0.25, -0.2) is 0 Å². The maximum Gasteiger partial charge on any atom is 0.00497 e. The zero-order chi connectivity index (χ0) is 10.7. The van der Waals surface area contributed by atoms with Gasteiger partial charge >= 0.3 is 0 Å². The minimum atomic E-state index is 0.569. The van der Waals surface area contributed by atoms with Crippen LogP contribution >= 0.6 is 0 Å². The monoisotopic (exact) mass is 198 g/mol. The number of hydrogen-bond donors (Lipinski definition) is 0. The van der Waals surface area contributed by atoms with Gasteiger partial charge in [0.2, 0.25) is 0 Å². The van der Waals surface area contributed by atoms with Crippen molar-refractivity contribution in [2.75, 3.05) is 0 Å². The van der Waals surface area contributed by atoms with Gasteiger partial charge in [-0.3, -0.25) is 0 Å². The molecule has 0 saturated carbocycles. The van der Waals surface area contributed by atoms with Gasteiger partial charge in [0.05, 0.1) is 0 Å². The third-order valence-corrected chi connectivity index (χ3v) is 3.18. The van der Waals surface area contributed by atoms with Crippen molar-refractivity contribution >= 4 is 0 Å². The molecule has 2 unspecified atom stereocenters. The predicted octanol–water partition coefficient (Wildman–Crippen LogP) is 4.31. The van der Waals surface area contributed by atoms with Crippen LogP contribution in [-0.4, -0.2) is 0 Å². The highest BCUT2D eigenvalue weighted by molar-refractivity contribution is 5.30. The maximum atomic E-state index is 2.35. The van der Waals surface area contributed by atoms with E-state index in [4.69, 9.17) is 0 Å². The Hall–Kier alpha value is -1.30. The molecule has 2 rings (SSSR count). The minimum absolute atomic E-state index is 0.569. The smallest absolute Gasteiger partial charge is 0.00497 e. The average molecular weight is 198 g/mol. The van der Waals surface area contributed by atoms with E-state index in [0.717, 1.165) is 0 Å². The van der Waals surface area contributed by atoms with E-state index in [9.17, 15) is 0 Å². The van der Waals surface area contributed by atoms with E-state index in [0.29, 0.717) is 11.8 Å². The van der Waals surface area contributed by atoms with Gasteiger partial charge in [-0.15, -0.1) is 0 Å². The lowest BCUT2D eigenvalue weighted by Gasteiger charge is -2.18. The molecule has 0 nitrogen and oxygen atoms in total. The molecule has 0 aromatic heterocycles. The Balaban J connectivity index is 2.27. The van der Waals surface area contributed by atoms with Crippen LogP contribution < -0.4 is 0 Å². The molecule has 0 N–H and O–H groups in total. The summed E-state index contributed by atoms with van der Waals surface area (Å²) in [7, 11) is 0. The molecule has 2 atom stereocenters. The third-order valence-electron chi connectivity index (χ3n) is 3.18. The molecule has 15 heavy (non-hydrogen) atoms. The fourth-order valence-corrected chi connectivity index (χ4v) is 2.15. The summed E-state index contributed by atoms with van der Waals surface area (Å²) in [5.41, 5.74) is 2.82. The Bertz CT molecular complexity index is 370. The predicted molar refractivity (Wildman–Crippen MR) is 65.9 cm³/mol. The molecule has 0 bridgehead atoms. The van der Waals surface area contributed by atoms with Crippen LogP contribution in [0.2, 0.25) is 0 Å². The van der Waals surface area contributed by atoms with E-state index in [1.54, 1.807) is 0 Å². The Morgan fingerprint density at radius 1 is 1.13 bits per heavy atom. The first-order chi connectivity index (χ1) is 7.27. The van der Waals surface area contributed by atoms with Crippen molar-refractivity contribution in [3.8, 4) is 0 Å². The van der Waals surface area contributed by atoms with Crippen molar-refractivity contribution in [2.24, 2.45) is 5.92 Å². The normalized spacial score (nSPS) is 25.9. The van der Waals surface area contributed by atoms with Crippen LogP contribution in [-0.2, 0) is 0 Å². The van der Waals surface area contributed by atoms with Crippen LogP contribution in [0.4, 0.5) is 0 Å². The van der Waals surface area contributed by atoms with E-state index < -0.39 is 0 Å². The number of allylic oxidation sites excluding steroid dienone is 4. The summed E-state index contributed by atoms with van der Waals surface area (Å²) in [5.74, 6) is 1.26. The van der Waals surface area contributed by atoms with Crippen LogP contribution in [0.25, 0.3) is 0 Å². The summed E-state index contributed by atoms with van der Waals surface area (Å²) < 4.78 is 0. The van der Waals surface area contributed by atoms with E-state index in [-0.39, 0.29) is 0 Å². The molecule has 1 aromatic carbocycles. The van der Waals surface area contributed by atoms with E-state index >= 15 is 0 Å². The van der Waals surface area contributed by atoms with Crippen molar-refractivity contribution in [1.29, 1.82) is 0 Å². The molecular formula is C15H18. The van der Waals surface area contributed by atoms with Crippen molar-refractivity contribution in [3.63, 3.8) is 0 Å². The molecule has 78 valence electrons. The molecule has 0 amide bonds. The molecule has 0 spiro atoms. The van der Waals surface area contributed by atoms with Crippen LogP contribution in [0.5, 0.6) is 0 Å². The first-order valence-corrected chi connectivity index (χ1v) is 5.67. The molecular weight excluding hydrogens is 180 g/mol. The highest BCUT2D eigenvalue weighted by Gasteiger charge is 2.16. The SMILES string of the molecule is CC1=CCC(C)C(c2ccccc2)C=C1. The van der Waals surface area contributed by atoms with E-state index in [1.165, 1.54) is 17.6 Å². The lowest BCUT2D eigenvalue weighted by atomic mass is 9.86. The fraction of sp³-hybridized carbons (Fsp3) is 0.333. The molecule has 0 heteroatoms. The van der Waals surface area contributed by atoms with Crippen molar-refractivity contribution in [2.45, 2.75) is 26.2 Å². The van der Waals surface area contributed by atoms with Gasteiger partial charge in [0.15, 0.2) is 0 Å². The van der Waals surface area contributed by atoms with Crippen LogP contribution in [0, 0.1) is 5.92 Å². The van der Waals surface area contributed by atoms with Crippen molar-refractivity contribution < 1.29 is 0 Å². The molecule has 0 radical (unpaired) electrons. The summed E-state index contributed by atoms with van der Waals surface area (Å²) in [6.07, 6.45) is 8.11. The van der Waals surface area contributed by atoms with Gasteiger partial charge in [-0.1, -0.05) is 61.1 Å². The highest BCUT2D eigenvalue weighted by atomic mass is 14.2. The molecule has 0 heterocycles. The summed E-state index contributed by atoms with van der Waals surface area (Å²) >= 11 is 0. The summed E-state index contributed by atoms with van der Waals surface area (Å²) in [4.78, 5) is 0. The van der Waals surface area contributed by atoms with Crippen LogP contribution in [0.3, 0.4) is 0 Å². The number of rotatable bonds is 1. The van der Waals surface area contributed by atoms with Crippen LogP contribution in [0.15, 0.2) is 54.1 Å². The van der Waals surface area contributed by atoms with Gasteiger partial charge in [-0.05, 0) is 24.8 Å². The van der Waals surface area contributed by atoms with E-state index in [2.05, 4.69) is 62.4 Å². The van der Waals surface area contributed by atoms with Gasteiger partial charge in [0.1, 0.15) is 0 Å². The molecule has 0 fully saturated rings.